The van der Waals surface area contributed by atoms with Crippen LogP contribution in [-0.2, 0) is 19.4 Å². The predicted molar refractivity (Wildman–Crippen MR) is 162 cm³/mol. The highest BCUT2D eigenvalue weighted by Gasteiger charge is 2.31. The highest BCUT2D eigenvalue weighted by molar-refractivity contribution is 7.18. The van der Waals surface area contributed by atoms with Gasteiger partial charge in [-0.3, -0.25) is 19.2 Å². The average Bonchev–Trinajstić information content (AvgIpc) is 3.39. The molecule has 1 aliphatic heterocycles. The van der Waals surface area contributed by atoms with Gasteiger partial charge >= 0.3 is 5.97 Å². The van der Waals surface area contributed by atoms with Crippen LogP contribution in [0.1, 0.15) is 52.4 Å². The zero-order valence-electron chi connectivity index (χ0n) is 23.5. The molecular formula is C31H32ClFN4O4S. The first-order valence-corrected chi connectivity index (χ1v) is 15.5. The van der Waals surface area contributed by atoms with Crippen LogP contribution in [-0.4, -0.2) is 62.4 Å². The third-order valence-corrected chi connectivity index (χ3v) is 9.53. The number of benzene rings is 1. The summed E-state index contributed by atoms with van der Waals surface area (Å²) in [5, 5.41) is 11.7. The monoisotopic (exact) mass is 610 g/mol. The fourth-order valence-electron chi connectivity index (χ4n) is 6.24. The summed E-state index contributed by atoms with van der Waals surface area (Å²) in [6.07, 6.45) is 2.87. The van der Waals surface area contributed by atoms with Crippen molar-refractivity contribution in [1.82, 2.24) is 19.4 Å². The number of alkyl halides is 1. The summed E-state index contributed by atoms with van der Waals surface area (Å²) in [4.78, 5) is 36.9. The largest absolute Gasteiger partial charge is 0.491 e. The van der Waals surface area contributed by atoms with Gasteiger partial charge in [-0.1, -0.05) is 11.6 Å². The Morgan fingerprint density at radius 2 is 2.05 bits per heavy atom. The van der Waals surface area contributed by atoms with Crippen molar-refractivity contribution in [3.8, 4) is 16.9 Å². The molecule has 6 rings (SSSR count). The van der Waals surface area contributed by atoms with Crippen LogP contribution in [0.2, 0.25) is 5.02 Å². The second kappa shape index (κ2) is 11.7. The van der Waals surface area contributed by atoms with E-state index in [4.69, 9.17) is 21.3 Å². The SMILES string of the molecule is Cc1cc(-c2cc(Cl)ccc2OCCn2c(C)nc3c(c2=O)C[C@H](N2CCC[C@@H](F)C2)CC3)c2scc(C(=O)O)c2n1. The van der Waals surface area contributed by atoms with Gasteiger partial charge in [-0.25, -0.2) is 14.2 Å². The second-order valence-electron chi connectivity index (χ2n) is 11.1. The van der Waals surface area contributed by atoms with Crippen molar-refractivity contribution in [2.75, 3.05) is 19.7 Å². The number of piperidine rings is 1. The third kappa shape index (κ3) is 5.55. The molecule has 1 fully saturated rings. The van der Waals surface area contributed by atoms with Gasteiger partial charge in [-0.15, -0.1) is 11.3 Å². The van der Waals surface area contributed by atoms with Crippen LogP contribution in [0, 0.1) is 13.8 Å². The number of rotatable bonds is 7. The lowest BCUT2D eigenvalue weighted by atomic mass is 9.90. The molecule has 0 radical (unpaired) electrons. The molecule has 0 bridgehead atoms. The van der Waals surface area contributed by atoms with Crippen LogP contribution in [0.25, 0.3) is 21.3 Å². The summed E-state index contributed by atoms with van der Waals surface area (Å²) in [6.45, 7) is 5.50. The Kier molecular flexibility index (Phi) is 8.04. The number of carboxylic acid groups (broad SMARTS) is 1. The highest BCUT2D eigenvalue weighted by atomic mass is 35.5. The van der Waals surface area contributed by atoms with E-state index in [1.807, 2.05) is 19.9 Å². The first-order valence-electron chi connectivity index (χ1n) is 14.2. The van der Waals surface area contributed by atoms with Gasteiger partial charge < -0.3 is 9.84 Å². The van der Waals surface area contributed by atoms with Gasteiger partial charge in [0.1, 0.15) is 24.4 Å². The number of fused-ring (bicyclic) bond motifs is 2. The number of carboxylic acids is 1. The lowest BCUT2D eigenvalue weighted by Crippen LogP contribution is -2.47. The lowest BCUT2D eigenvalue weighted by molar-refractivity contribution is 0.0699. The van der Waals surface area contributed by atoms with Gasteiger partial charge in [-0.05, 0) is 76.8 Å². The molecule has 2 aliphatic rings. The lowest BCUT2D eigenvalue weighted by Gasteiger charge is -2.38. The van der Waals surface area contributed by atoms with Gasteiger partial charge in [0.15, 0.2) is 0 Å². The molecule has 0 saturated carbocycles. The molecule has 0 spiro atoms. The molecule has 8 nitrogen and oxygen atoms in total. The maximum Gasteiger partial charge on any atom is 0.338 e. The minimum Gasteiger partial charge on any atom is -0.491 e. The zero-order valence-corrected chi connectivity index (χ0v) is 25.1. The highest BCUT2D eigenvalue weighted by Crippen LogP contribution is 2.40. The second-order valence-corrected chi connectivity index (χ2v) is 12.4. The molecule has 220 valence electrons. The van der Waals surface area contributed by atoms with Crippen LogP contribution in [0.3, 0.4) is 0 Å². The number of ether oxygens (including phenoxy) is 1. The minimum absolute atomic E-state index is 0.0535. The van der Waals surface area contributed by atoms with Gasteiger partial charge in [0.25, 0.3) is 5.56 Å². The molecule has 4 aromatic rings. The van der Waals surface area contributed by atoms with Crippen LogP contribution < -0.4 is 10.3 Å². The summed E-state index contributed by atoms with van der Waals surface area (Å²) in [6, 6.07) is 7.38. The van der Waals surface area contributed by atoms with E-state index >= 15 is 0 Å². The molecule has 0 amide bonds. The van der Waals surface area contributed by atoms with Crippen molar-refractivity contribution in [3.63, 3.8) is 0 Å². The Hall–Kier alpha value is -3.34. The molecule has 11 heteroatoms. The fourth-order valence-corrected chi connectivity index (χ4v) is 7.43. The van der Waals surface area contributed by atoms with Crippen LogP contribution in [0.4, 0.5) is 4.39 Å². The van der Waals surface area contributed by atoms with E-state index in [-0.39, 0.29) is 23.8 Å². The first kappa shape index (κ1) is 28.8. The van der Waals surface area contributed by atoms with Crippen LogP contribution in [0.5, 0.6) is 5.75 Å². The van der Waals surface area contributed by atoms with Crippen molar-refractivity contribution in [3.05, 3.63) is 73.4 Å². The number of aromatic nitrogens is 3. The molecule has 42 heavy (non-hydrogen) atoms. The number of carbonyl (C=O) groups is 1. The molecule has 1 aromatic carbocycles. The quantitative estimate of drug-likeness (QED) is 0.280. The fraction of sp³-hybridized carbons (Fsp3) is 0.419. The van der Waals surface area contributed by atoms with Gasteiger partial charge in [0, 0.05) is 45.4 Å². The van der Waals surface area contributed by atoms with Crippen molar-refractivity contribution >= 4 is 39.1 Å². The van der Waals surface area contributed by atoms with Gasteiger partial charge in [-0.2, -0.15) is 0 Å². The minimum atomic E-state index is -1.03. The zero-order chi connectivity index (χ0) is 29.5. The maximum atomic E-state index is 14.1. The number of halogens is 2. The Morgan fingerprint density at radius 1 is 1.21 bits per heavy atom. The number of likely N-dealkylation sites (tertiary alicyclic amines) is 1. The smallest absolute Gasteiger partial charge is 0.338 e. The summed E-state index contributed by atoms with van der Waals surface area (Å²) >= 11 is 7.70. The Balaban J connectivity index is 1.25. The van der Waals surface area contributed by atoms with Gasteiger partial charge in [0.2, 0.25) is 0 Å². The van der Waals surface area contributed by atoms with E-state index in [0.717, 1.165) is 52.9 Å². The molecule has 1 aliphatic carbocycles. The number of thiophene rings is 1. The topological polar surface area (TPSA) is 97.6 Å². The molecule has 4 heterocycles. The summed E-state index contributed by atoms with van der Waals surface area (Å²) in [5.74, 6) is 0.186. The molecule has 1 N–H and O–H groups in total. The summed E-state index contributed by atoms with van der Waals surface area (Å²) in [5.41, 5.74) is 4.31. The van der Waals surface area contributed by atoms with E-state index in [1.54, 1.807) is 28.1 Å². The molecular weight excluding hydrogens is 579 g/mol. The van der Waals surface area contributed by atoms with E-state index in [0.29, 0.717) is 53.7 Å². The standard InChI is InChI=1S/C31H32ClFN4O4S/c1-17-12-23(29-28(34-17)25(16-42-29)31(39)40)22-13-19(32)5-8-27(22)41-11-10-37-18(2)35-26-7-6-21(14-24(26)30(37)38)36-9-3-4-20(33)15-36/h5,8,12-13,16,20-21H,3-4,6-7,9-11,14-15H2,1-2H3,(H,39,40)/t20-,21-/m1/s1. The van der Waals surface area contributed by atoms with Crippen LogP contribution in [0.15, 0.2) is 34.4 Å². The summed E-state index contributed by atoms with van der Waals surface area (Å²) in [7, 11) is 0. The molecule has 3 aromatic heterocycles. The Morgan fingerprint density at radius 3 is 2.83 bits per heavy atom. The third-order valence-electron chi connectivity index (χ3n) is 8.29. The van der Waals surface area contributed by atoms with E-state index in [2.05, 4.69) is 9.88 Å². The number of hydrogen-bond acceptors (Lipinski definition) is 7. The number of aromatic carboxylic acids is 1. The first-order chi connectivity index (χ1) is 20.2. The number of nitrogens with zero attached hydrogens (tertiary/aromatic N) is 4. The number of hydrogen-bond donors (Lipinski definition) is 1. The van der Waals surface area contributed by atoms with Crippen molar-refractivity contribution < 1.29 is 19.0 Å². The molecule has 1 saturated heterocycles. The number of aryl methyl sites for hydroxylation is 3. The average molecular weight is 611 g/mol. The maximum absolute atomic E-state index is 14.1. The Labute approximate surface area is 251 Å². The predicted octanol–water partition coefficient (Wildman–Crippen LogP) is 5.86. The molecule has 0 unspecified atom stereocenters. The van der Waals surface area contributed by atoms with E-state index in [9.17, 15) is 19.1 Å². The van der Waals surface area contributed by atoms with Crippen LogP contribution >= 0.6 is 22.9 Å². The molecule has 2 atom stereocenters. The normalized spacial score (nSPS) is 19.1. The van der Waals surface area contributed by atoms with Gasteiger partial charge in [0.05, 0.1) is 28.0 Å². The Bertz CT molecular complexity index is 1740. The number of pyridine rings is 1. The van der Waals surface area contributed by atoms with Crippen molar-refractivity contribution in [1.29, 1.82) is 0 Å². The van der Waals surface area contributed by atoms with E-state index < -0.39 is 12.1 Å². The van der Waals surface area contributed by atoms with E-state index in [1.165, 1.54) is 11.3 Å². The van der Waals surface area contributed by atoms with Crippen molar-refractivity contribution in [2.24, 2.45) is 0 Å². The van der Waals surface area contributed by atoms with Crippen molar-refractivity contribution in [2.45, 2.75) is 64.7 Å². The summed E-state index contributed by atoms with van der Waals surface area (Å²) < 4.78 is 22.7.